The van der Waals surface area contributed by atoms with E-state index < -0.39 is 15.6 Å². The standard InChI is InChI=1S/C13H23N5O4S/c1-10-15-11(2)18(16-10)6-5-14-12(19)13(3)9-17(7-8-22-13)23(4,20)21/h5-9H2,1-4H3,(H,14,19)/t13-/m0/s1. The van der Waals surface area contributed by atoms with Crippen LogP contribution in [-0.4, -0.2) is 71.5 Å². The van der Waals surface area contributed by atoms with Gasteiger partial charge in [-0.05, 0) is 20.8 Å². The van der Waals surface area contributed by atoms with E-state index in [2.05, 4.69) is 15.4 Å². The lowest BCUT2D eigenvalue weighted by Crippen LogP contribution is -2.59. The number of aryl methyl sites for hydroxylation is 2. The van der Waals surface area contributed by atoms with E-state index in [4.69, 9.17) is 4.74 Å². The van der Waals surface area contributed by atoms with E-state index in [1.54, 1.807) is 18.5 Å². The van der Waals surface area contributed by atoms with Gasteiger partial charge in [0.05, 0.1) is 26.0 Å². The highest BCUT2D eigenvalue weighted by atomic mass is 32.2. The van der Waals surface area contributed by atoms with Crippen LogP contribution in [0.5, 0.6) is 0 Å². The van der Waals surface area contributed by atoms with Gasteiger partial charge >= 0.3 is 0 Å². The van der Waals surface area contributed by atoms with Gasteiger partial charge in [-0.2, -0.15) is 9.40 Å². The van der Waals surface area contributed by atoms with E-state index in [0.717, 1.165) is 12.1 Å². The number of aromatic nitrogens is 3. The molecule has 1 fully saturated rings. The molecule has 9 nitrogen and oxygen atoms in total. The van der Waals surface area contributed by atoms with Crippen molar-refractivity contribution in [3.8, 4) is 0 Å². The van der Waals surface area contributed by atoms with Crippen molar-refractivity contribution >= 4 is 15.9 Å². The molecule has 1 aliphatic rings. The lowest BCUT2D eigenvalue weighted by molar-refractivity contribution is -0.152. The summed E-state index contributed by atoms with van der Waals surface area (Å²) in [6.45, 7) is 6.57. The van der Waals surface area contributed by atoms with Crippen molar-refractivity contribution in [2.45, 2.75) is 32.9 Å². The van der Waals surface area contributed by atoms with Gasteiger partial charge in [0.1, 0.15) is 11.6 Å². The number of sulfonamides is 1. The third-order valence-corrected chi connectivity index (χ3v) is 5.01. The molecule has 0 spiro atoms. The molecule has 0 aromatic carbocycles. The average Bonchev–Trinajstić information content (AvgIpc) is 2.76. The van der Waals surface area contributed by atoms with Crippen LogP contribution in [0.3, 0.4) is 0 Å². The molecular formula is C13H23N5O4S. The summed E-state index contributed by atoms with van der Waals surface area (Å²) in [5.74, 6) is 1.13. The SMILES string of the molecule is Cc1nc(C)n(CCNC(=O)[C@]2(C)CN(S(C)(=O)=O)CCO2)n1. The first-order chi connectivity index (χ1) is 10.6. The molecule has 1 aromatic heterocycles. The van der Waals surface area contributed by atoms with Crippen molar-refractivity contribution < 1.29 is 17.9 Å². The molecule has 0 saturated carbocycles. The van der Waals surface area contributed by atoms with Gasteiger partial charge in [0.25, 0.3) is 5.91 Å². The quantitative estimate of drug-likeness (QED) is 0.738. The summed E-state index contributed by atoms with van der Waals surface area (Å²) >= 11 is 0. The second-order valence-electron chi connectivity index (χ2n) is 5.86. The van der Waals surface area contributed by atoms with Crippen LogP contribution in [0.15, 0.2) is 0 Å². The topological polar surface area (TPSA) is 106 Å². The molecule has 1 N–H and O–H groups in total. The Hall–Kier alpha value is -1.52. The third kappa shape index (κ3) is 4.27. The van der Waals surface area contributed by atoms with Crippen LogP contribution in [0.2, 0.25) is 0 Å². The molecule has 0 bridgehead atoms. The molecule has 2 rings (SSSR count). The minimum absolute atomic E-state index is 0.0130. The Morgan fingerprint density at radius 3 is 2.70 bits per heavy atom. The highest BCUT2D eigenvalue weighted by Crippen LogP contribution is 2.19. The van der Waals surface area contributed by atoms with E-state index in [9.17, 15) is 13.2 Å². The first-order valence-corrected chi connectivity index (χ1v) is 9.22. The van der Waals surface area contributed by atoms with Crippen molar-refractivity contribution in [3.05, 3.63) is 11.6 Å². The van der Waals surface area contributed by atoms with Gasteiger partial charge in [0.2, 0.25) is 10.0 Å². The van der Waals surface area contributed by atoms with Gasteiger partial charge < -0.3 is 10.1 Å². The zero-order valence-corrected chi connectivity index (χ0v) is 14.7. The molecule has 1 saturated heterocycles. The molecule has 0 radical (unpaired) electrons. The first kappa shape index (κ1) is 17.8. The fourth-order valence-corrected chi connectivity index (χ4v) is 3.38. The minimum atomic E-state index is -3.35. The second kappa shape index (κ2) is 6.54. The van der Waals surface area contributed by atoms with Crippen LogP contribution < -0.4 is 5.32 Å². The fraction of sp³-hybridized carbons (Fsp3) is 0.769. The molecule has 2 heterocycles. The van der Waals surface area contributed by atoms with Crippen molar-refractivity contribution in [1.82, 2.24) is 24.4 Å². The first-order valence-electron chi connectivity index (χ1n) is 7.37. The molecule has 1 amide bonds. The summed E-state index contributed by atoms with van der Waals surface area (Å²) in [4.78, 5) is 16.6. The van der Waals surface area contributed by atoms with Crippen LogP contribution in [0.4, 0.5) is 0 Å². The predicted molar refractivity (Wildman–Crippen MR) is 83.3 cm³/mol. The van der Waals surface area contributed by atoms with Crippen molar-refractivity contribution in [2.24, 2.45) is 0 Å². The number of morpholine rings is 1. The van der Waals surface area contributed by atoms with E-state index >= 15 is 0 Å². The molecule has 23 heavy (non-hydrogen) atoms. The molecule has 130 valence electrons. The van der Waals surface area contributed by atoms with Gasteiger partial charge in [-0.15, -0.1) is 0 Å². The van der Waals surface area contributed by atoms with Gasteiger partial charge in [-0.25, -0.2) is 18.1 Å². The van der Waals surface area contributed by atoms with Gasteiger partial charge in [-0.1, -0.05) is 0 Å². The summed E-state index contributed by atoms with van der Waals surface area (Å²) in [6.07, 6.45) is 1.13. The monoisotopic (exact) mass is 345 g/mol. The lowest BCUT2D eigenvalue weighted by Gasteiger charge is -2.37. The Bertz CT molecular complexity index is 687. The lowest BCUT2D eigenvalue weighted by atomic mass is 10.0. The number of amides is 1. The van der Waals surface area contributed by atoms with E-state index in [1.165, 1.54) is 4.31 Å². The molecule has 1 atom stereocenters. The average molecular weight is 345 g/mol. The van der Waals surface area contributed by atoms with Gasteiger partial charge in [0, 0.05) is 13.1 Å². The number of nitrogens with zero attached hydrogens (tertiary/aromatic N) is 4. The summed E-state index contributed by atoms with van der Waals surface area (Å²) in [7, 11) is -3.35. The Morgan fingerprint density at radius 1 is 1.43 bits per heavy atom. The van der Waals surface area contributed by atoms with Crippen LogP contribution in [0, 0.1) is 13.8 Å². The van der Waals surface area contributed by atoms with Crippen molar-refractivity contribution in [1.29, 1.82) is 0 Å². The van der Waals surface area contributed by atoms with Gasteiger partial charge in [0.15, 0.2) is 5.60 Å². The maximum absolute atomic E-state index is 12.4. The molecular weight excluding hydrogens is 322 g/mol. The summed E-state index contributed by atoms with van der Waals surface area (Å²) < 4.78 is 31.8. The predicted octanol–water partition coefficient (Wildman–Crippen LogP) is -0.938. The Labute approximate surface area is 136 Å². The van der Waals surface area contributed by atoms with E-state index in [0.29, 0.717) is 18.9 Å². The number of rotatable bonds is 5. The zero-order valence-electron chi connectivity index (χ0n) is 13.9. The number of carbonyl (C=O) groups is 1. The van der Waals surface area contributed by atoms with Crippen LogP contribution >= 0.6 is 0 Å². The van der Waals surface area contributed by atoms with Gasteiger partial charge in [-0.3, -0.25) is 4.79 Å². The smallest absolute Gasteiger partial charge is 0.253 e. The molecule has 0 unspecified atom stereocenters. The zero-order chi connectivity index (χ0) is 17.3. The molecule has 1 aliphatic heterocycles. The highest BCUT2D eigenvalue weighted by Gasteiger charge is 2.41. The number of ether oxygens (including phenoxy) is 1. The highest BCUT2D eigenvalue weighted by molar-refractivity contribution is 7.88. The normalized spacial score (nSPS) is 23.0. The summed E-state index contributed by atoms with van der Waals surface area (Å²) in [5.41, 5.74) is -1.19. The van der Waals surface area contributed by atoms with E-state index in [1.807, 2.05) is 6.92 Å². The van der Waals surface area contributed by atoms with Crippen LogP contribution in [-0.2, 0) is 26.1 Å². The Kier molecular flexibility index (Phi) is 5.07. The van der Waals surface area contributed by atoms with E-state index in [-0.39, 0.29) is 25.6 Å². The molecule has 0 aliphatic carbocycles. The molecule has 10 heteroatoms. The maximum Gasteiger partial charge on any atom is 0.253 e. The largest absolute Gasteiger partial charge is 0.363 e. The maximum atomic E-state index is 12.4. The van der Waals surface area contributed by atoms with Crippen LogP contribution in [0.1, 0.15) is 18.6 Å². The number of hydrogen-bond acceptors (Lipinski definition) is 6. The van der Waals surface area contributed by atoms with Crippen molar-refractivity contribution in [3.63, 3.8) is 0 Å². The molecule has 1 aromatic rings. The third-order valence-electron chi connectivity index (χ3n) is 3.76. The fourth-order valence-electron chi connectivity index (χ4n) is 2.49. The van der Waals surface area contributed by atoms with Crippen LogP contribution in [0.25, 0.3) is 0 Å². The number of carbonyl (C=O) groups excluding carboxylic acids is 1. The number of nitrogens with one attached hydrogen (secondary N) is 1. The number of hydrogen-bond donors (Lipinski definition) is 1. The van der Waals surface area contributed by atoms with Crippen molar-refractivity contribution in [2.75, 3.05) is 32.5 Å². The summed E-state index contributed by atoms with van der Waals surface area (Å²) in [5, 5.41) is 6.99. The Morgan fingerprint density at radius 2 is 2.13 bits per heavy atom. The summed E-state index contributed by atoms with van der Waals surface area (Å²) in [6, 6.07) is 0. The Balaban J connectivity index is 1.93. The second-order valence-corrected chi connectivity index (χ2v) is 7.84. The minimum Gasteiger partial charge on any atom is -0.363 e.